The van der Waals surface area contributed by atoms with Crippen molar-refractivity contribution in [3.8, 4) is 16.9 Å². The van der Waals surface area contributed by atoms with Gasteiger partial charge in [0, 0.05) is 71.8 Å². The zero-order chi connectivity index (χ0) is 52.4. The van der Waals surface area contributed by atoms with Gasteiger partial charge in [0.05, 0.1) is 34.2 Å². The number of phenols is 1. The van der Waals surface area contributed by atoms with Gasteiger partial charge in [-0.1, -0.05) is 35.3 Å². The van der Waals surface area contributed by atoms with Gasteiger partial charge in [0.1, 0.15) is 30.5 Å². The van der Waals surface area contributed by atoms with E-state index in [1.165, 1.54) is 56.9 Å². The molecule has 73 heavy (non-hydrogen) atoms. The summed E-state index contributed by atoms with van der Waals surface area (Å²) < 4.78 is 32.7. The summed E-state index contributed by atoms with van der Waals surface area (Å²) in [4.78, 5) is 97.3. The average molecular weight is 1040 g/mol. The van der Waals surface area contributed by atoms with Crippen molar-refractivity contribution in [3.05, 3.63) is 110 Å². The maximum absolute atomic E-state index is 15.8. The molecule has 2 fully saturated rings. The van der Waals surface area contributed by atoms with Crippen molar-refractivity contribution < 1.29 is 47.4 Å². The minimum absolute atomic E-state index is 0.0837. The molecule has 0 bridgehead atoms. The standard InChI is InChI=1S/C50H51Cl2F2N11O8/c1-26(2)62(41(69)24-64-37-12-9-27(16-34(37)46(59-64)48(55)71)50(73)61-13-4-3-5-14-61)22-39(67)58-21-30-15-29(17-36(52)45(30)54)33-18-32(66)19-38-43(33)47(49(56)72)60-65(38)25-42(70)63(31-10-11-31)23-40(68)57-20-28-7-6-8-35(51)44(28)53/h6-9,12,15-19,26,31,66H,3-5,10-11,13-14,20-25H2,1-2H3,(H2,55,71)(H2,56,72)(H,57,68)(H,58,67). The smallest absolute Gasteiger partial charge is 0.269 e. The predicted octanol–water partition coefficient (Wildman–Crippen LogP) is 5.03. The number of amides is 7. The molecule has 4 aromatic carbocycles. The van der Waals surface area contributed by atoms with Gasteiger partial charge in [0.15, 0.2) is 11.4 Å². The molecular weight excluding hydrogens is 992 g/mol. The number of benzene rings is 4. The lowest BCUT2D eigenvalue weighted by molar-refractivity contribution is -0.138. The number of nitrogens with zero attached hydrogens (tertiary/aromatic N) is 7. The fourth-order valence-corrected chi connectivity index (χ4v) is 9.36. The molecule has 1 saturated heterocycles. The third-order valence-electron chi connectivity index (χ3n) is 12.8. The van der Waals surface area contributed by atoms with Crippen molar-refractivity contribution in [1.29, 1.82) is 0 Å². The van der Waals surface area contributed by atoms with E-state index in [4.69, 9.17) is 34.7 Å². The maximum atomic E-state index is 15.8. The first-order chi connectivity index (χ1) is 34.8. The van der Waals surface area contributed by atoms with E-state index < -0.39 is 79.3 Å². The van der Waals surface area contributed by atoms with Gasteiger partial charge in [-0.3, -0.25) is 42.9 Å². The molecule has 1 saturated carbocycles. The topological polar surface area (TPSA) is 261 Å². The van der Waals surface area contributed by atoms with Crippen LogP contribution in [-0.2, 0) is 45.4 Å². The third kappa shape index (κ3) is 11.4. The molecule has 0 unspecified atom stereocenters. The molecule has 8 rings (SSSR count). The highest BCUT2D eigenvalue weighted by molar-refractivity contribution is 6.31. The quantitative estimate of drug-likeness (QED) is 0.0767. The van der Waals surface area contributed by atoms with Crippen LogP contribution in [0.15, 0.2) is 60.7 Å². The molecule has 0 spiro atoms. The number of hydrogen-bond acceptors (Lipinski definition) is 10. The first-order valence-corrected chi connectivity index (χ1v) is 24.2. The second kappa shape index (κ2) is 21.6. The van der Waals surface area contributed by atoms with E-state index in [2.05, 4.69) is 20.8 Å². The van der Waals surface area contributed by atoms with Crippen LogP contribution in [0.5, 0.6) is 5.75 Å². The van der Waals surface area contributed by atoms with E-state index in [-0.39, 0.29) is 85.4 Å². The zero-order valence-corrected chi connectivity index (χ0v) is 41.2. The van der Waals surface area contributed by atoms with Crippen LogP contribution in [0, 0.1) is 11.6 Å². The van der Waals surface area contributed by atoms with E-state index in [0.717, 1.165) is 23.9 Å². The number of piperidine rings is 1. The fourth-order valence-electron chi connectivity index (χ4n) is 8.93. The summed E-state index contributed by atoms with van der Waals surface area (Å²) in [5, 5.41) is 24.8. The Morgan fingerprint density at radius 1 is 0.753 bits per heavy atom. The Balaban J connectivity index is 0.976. The summed E-state index contributed by atoms with van der Waals surface area (Å²) in [6.07, 6.45) is 4.06. The summed E-state index contributed by atoms with van der Waals surface area (Å²) in [6, 6.07) is 13.4. The molecule has 6 aromatic rings. The fraction of sp³-hybridized carbons (Fsp3) is 0.340. The second-order valence-corrected chi connectivity index (χ2v) is 19.1. The molecule has 1 aliphatic carbocycles. The highest BCUT2D eigenvalue weighted by Gasteiger charge is 2.35. The number of carbonyl (C=O) groups excluding carboxylic acids is 7. The number of aromatic hydroxyl groups is 1. The van der Waals surface area contributed by atoms with Crippen LogP contribution in [0.4, 0.5) is 8.78 Å². The molecule has 382 valence electrons. The normalized spacial score (nSPS) is 13.6. The first-order valence-electron chi connectivity index (χ1n) is 23.5. The number of rotatable bonds is 18. The summed E-state index contributed by atoms with van der Waals surface area (Å²) in [5.74, 6) is -6.31. The SMILES string of the molecule is CC(C)N(CC(=O)NCc1cc(-c2cc(O)cc3c2c(C(N)=O)nn3CC(=O)N(CC(=O)NCc2cccc(Cl)c2F)C2CC2)cc(Cl)c1F)C(=O)Cn1nc(C(N)=O)c2cc(C(=O)N3CCCCC3)ccc21. The highest BCUT2D eigenvalue weighted by atomic mass is 35.5. The van der Waals surface area contributed by atoms with Gasteiger partial charge in [0.2, 0.25) is 23.6 Å². The number of hydrogen-bond donors (Lipinski definition) is 5. The van der Waals surface area contributed by atoms with E-state index in [1.807, 2.05) is 0 Å². The number of nitrogens with one attached hydrogen (secondary N) is 2. The Hall–Kier alpha value is -7.65. The molecule has 7 N–H and O–H groups in total. The molecule has 2 aromatic heterocycles. The highest BCUT2D eigenvalue weighted by Crippen LogP contribution is 2.38. The van der Waals surface area contributed by atoms with Gasteiger partial charge in [-0.05, 0) is 99.5 Å². The van der Waals surface area contributed by atoms with Crippen LogP contribution < -0.4 is 22.1 Å². The van der Waals surface area contributed by atoms with Crippen molar-refractivity contribution in [2.75, 3.05) is 26.2 Å². The number of phenolic OH excluding ortho intramolecular Hbond substituents is 1. The number of likely N-dealkylation sites (tertiary alicyclic amines) is 1. The summed E-state index contributed by atoms with van der Waals surface area (Å²) in [6.45, 7) is 2.28. The molecular formula is C50H51Cl2F2N11O8. The zero-order valence-electron chi connectivity index (χ0n) is 39.7. The van der Waals surface area contributed by atoms with E-state index >= 15 is 4.39 Å². The molecule has 2 aliphatic rings. The van der Waals surface area contributed by atoms with Gasteiger partial charge < -0.3 is 41.9 Å². The Bertz CT molecular complexity index is 3220. The molecule has 7 amide bonds. The summed E-state index contributed by atoms with van der Waals surface area (Å²) in [5.41, 5.74) is 12.2. The number of aromatic nitrogens is 4. The monoisotopic (exact) mass is 1040 g/mol. The lowest BCUT2D eigenvalue weighted by Gasteiger charge is -2.27. The lowest BCUT2D eigenvalue weighted by Crippen LogP contribution is -2.45. The number of halogens is 4. The van der Waals surface area contributed by atoms with Crippen LogP contribution >= 0.6 is 23.2 Å². The Morgan fingerprint density at radius 2 is 1.38 bits per heavy atom. The van der Waals surface area contributed by atoms with Crippen LogP contribution in [-0.4, -0.2) is 119 Å². The largest absolute Gasteiger partial charge is 0.508 e. The molecule has 0 atom stereocenters. The molecule has 1 aliphatic heterocycles. The third-order valence-corrected chi connectivity index (χ3v) is 13.4. The van der Waals surface area contributed by atoms with Crippen molar-refractivity contribution >= 4 is 86.4 Å². The summed E-state index contributed by atoms with van der Waals surface area (Å²) >= 11 is 12.3. The van der Waals surface area contributed by atoms with Crippen LogP contribution in [0.2, 0.25) is 10.0 Å². The molecule has 3 heterocycles. The van der Waals surface area contributed by atoms with Crippen molar-refractivity contribution in [2.45, 2.75) is 84.2 Å². The average Bonchev–Trinajstić information content (AvgIpc) is 4.05. The predicted molar refractivity (Wildman–Crippen MR) is 265 cm³/mol. The van der Waals surface area contributed by atoms with Crippen molar-refractivity contribution in [1.82, 2.24) is 44.9 Å². The van der Waals surface area contributed by atoms with Crippen LogP contribution in [0.25, 0.3) is 32.9 Å². The van der Waals surface area contributed by atoms with Gasteiger partial charge in [-0.15, -0.1) is 0 Å². The number of nitrogens with two attached hydrogens (primary N) is 2. The van der Waals surface area contributed by atoms with Gasteiger partial charge in [-0.2, -0.15) is 10.2 Å². The van der Waals surface area contributed by atoms with E-state index in [9.17, 15) is 43.1 Å². The number of fused-ring (bicyclic) bond motifs is 2. The first kappa shape index (κ1) is 51.7. The van der Waals surface area contributed by atoms with Crippen LogP contribution in [0.3, 0.4) is 0 Å². The Kier molecular flexibility index (Phi) is 15.3. The Labute approximate surface area is 426 Å². The lowest BCUT2D eigenvalue weighted by atomic mass is 9.97. The number of carbonyl (C=O) groups is 7. The van der Waals surface area contributed by atoms with Gasteiger partial charge in [0.25, 0.3) is 17.7 Å². The summed E-state index contributed by atoms with van der Waals surface area (Å²) in [7, 11) is 0. The molecule has 23 heteroatoms. The van der Waals surface area contributed by atoms with Gasteiger partial charge >= 0.3 is 0 Å². The minimum Gasteiger partial charge on any atom is -0.508 e. The Morgan fingerprint density at radius 3 is 2.05 bits per heavy atom. The molecule has 19 nitrogen and oxygen atoms in total. The van der Waals surface area contributed by atoms with Crippen molar-refractivity contribution in [2.24, 2.45) is 11.5 Å². The van der Waals surface area contributed by atoms with Crippen LogP contribution in [0.1, 0.15) is 88.4 Å². The van der Waals surface area contributed by atoms with Crippen molar-refractivity contribution in [3.63, 3.8) is 0 Å². The maximum Gasteiger partial charge on any atom is 0.269 e. The van der Waals surface area contributed by atoms with E-state index in [0.29, 0.717) is 42.4 Å². The second-order valence-electron chi connectivity index (χ2n) is 18.3. The van der Waals surface area contributed by atoms with Gasteiger partial charge in [-0.25, -0.2) is 8.78 Å². The minimum atomic E-state index is -0.998. The number of primary amides is 2. The molecule has 0 radical (unpaired) electrons. The van der Waals surface area contributed by atoms with E-state index in [1.54, 1.807) is 36.9 Å².